The first kappa shape index (κ1) is 11.1. The lowest BCUT2D eigenvalue weighted by Crippen LogP contribution is -2.36. The lowest BCUT2D eigenvalue weighted by molar-refractivity contribution is -0.0214. The lowest BCUT2D eigenvalue weighted by atomic mass is 9.88. The SMILES string of the molecule is COCCONC(C)C1CC2C=CC1C2. The molecule has 86 valence electrons. The van der Waals surface area contributed by atoms with E-state index in [1.54, 1.807) is 7.11 Å². The molecule has 2 aliphatic carbocycles. The summed E-state index contributed by atoms with van der Waals surface area (Å²) in [5.41, 5.74) is 3.13. The number of rotatable bonds is 6. The molecule has 0 aromatic carbocycles. The molecule has 2 aliphatic rings. The average Bonchev–Trinajstić information content (AvgIpc) is 2.85. The Morgan fingerprint density at radius 2 is 2.20 bits per heavy atom. The zero-order valence-electron chi connectivity index (χ0n) is 9.61. The summed E-state index contributed by atoms with van der Waals surface area (Å²) in [6, 6.07) is 0.446. The molecular weight excluding hydrogens is 190 g/mol. The Morgan fingerprint density at radius 3 is 2.80 bits per heavy atom. The second-order valence-electron chi connectivity index (χ2n) is 4.69. The number of fused-ring (bicyclic) bond motifs is 2. The van der Waals surface area contributed by atoms with Crippen molar-refractivity contribution in [3.8, 4) is 0 Å². The summed E-state index contributed by atoms with van der Waals surface area (Å²) in [7, 11) is 1.69. The molecule has 2 rings (SSSR count). The van der Waals surface area contributed by atoms with Gasteiger partial charge in [0.15, 0.2) is 0 Å². The second kappa shape index (κ2) is 5.10. The maximum Gasteiger partial charge on any atom is 0.0915 e. The van der Waals surface area contributed by atoms with Gasteiger partial charge in [-0.05, 0) is 37.5 Å². The summed E-state index contributed by atoms with van der Waals surface area (Å²) < 4.78 is 4.92. The van der Waals surface area contributed by atoms with Crippen LogP contribution < -0.4 is 5.48 Å². The molecule has 0 radical (unpaired) electrons. The fraction of sp³-hybridized carbons (Fsp3) is 0.833. The molecular formula is C12H21NO2. The first-order chi connectivity index (χ1) is 7.31. The average molecular weight is 211 g/mol. The van der Waals surface area contributed by atoms with Gasteiger partial charge < -0.3 is 4.74 Å². The van der Waals surface area contributed by atoms with Gasteiger partial charge in [0, 0.05) is 13.2 Å². The quantitative estimate of drug-likeness (QED) is 0.412. The Kier molecular flexibility index (Phi) is 3.78. The van der Waals surface area contributed by atoms with Crippen molar-refractivity contribution in [1.82, 2.24) is 5.48 Å². The number of nitrogens with one attached hydrogen (secondary N) is 1. The van der Waals surface area contributed by atoms with Crippen LogP contribution in [-0.4, -0.2) is 26.4 Å². The van der Waals surface area contributed by atoms with Crippen LogP contribution in [-0.2, 0) is 9.57 Å². The number of hydrogen-bond acceptors (Lipinski definition) is 3. The van der Waals surface area contributed by atoms with E-state index in [1.807, 2.05) is 0 Å². The van der Waals surface area contributed by atoms with Gasteiger partial charge in [0.05, 0.1) is 13.2 Å². The summed E-state index contributed by atoms with van der Waals surface area (Å²) in [6.07, 6.45) is 7.43. The lowest BCUT2D eigenvalue weighted by Gasteiger charge is -2.25. The van der Waals surface area contributed by atoms with E-state index in [0.717, 1.165) is 17.8 Å². The Bertz CT molecular complexity index is 230. The number of ether oxygens (including phenoxy) is 1. The second-order valence-corrected chi connectivity index (χ2v) is 4.69. The van der Waals surface area contributed by atoms with Crippen molar-refractivity contribution in [2.45, 2.75) is 25.8 Å². The summed E-state index contributed by atoms with van der Waals surface area (Å²) in [6.45, 7) is 3.49. The summed E-state index contributed by atoms with van der Waals surface area (Å²) in [5.74, 6) is 2.37. The maximum absolute atomic E-state index is 5.36. The molecule has 3 heteroatoms. The monoisotopic (exact) mass is 211 g/mol. The summed E-state index contributed by atoms with van der Waals surface area (Å²) in [5, 5.41) is 0. The van der Waals surface area contributed by atoms with Crippen LogP contribution in [0.3, 0.4) is 0 Å². The Morgan fingerprint density at radius 1 is 1.33 bits per heavy atom. The minimum Gasteiger partial charge on any atom is -0.382 e. The molecule has 4 atom stereocenters. The standard InChI is InChI=1S/C12H21NO2/c1-9(13-15-6-5-14-2)12-8-10-3-4-11(12)7-10/h3-4,9-13H,5-8H2,1-2H3. The highest BCUT2D eigenvalue weighted by Crippen LogP contribution is 2.44. The van der Waals surface area contributed by atoms with Crippen LogP contribution in [0.4, 0.5) is 0 Å². The molecule has 0 aliphatic heterocycles. The fourth-order valence-electron chi connectivity index (χ4n) is 2.80. The Hall–Kier alpha value is -0.380. The first-order valence-corrected chi connectivity index (χ1v) is 5.86. The molecule has 1 N–H and O–H groups in total. The highest BCUT2D eigenvalue weighted by Gasteiger charge is 2.38. The van der Waals surface area contributed by atoms with E-state index in [-0.39, 0.29) is 0 Å². The Balaban J connectivity index is 1.68. The molecule has 0 saturated heterocycles. The summed E-state index contributed by atoms with van der Waals surface area (Å²) >= 11 is 0. The first-order valence-electron chi connectivity index (χ1n) is 5.86. The van der Waals surface area contributed by atoms with Crippen molar-refractivity contribution in [3.63, 3.8) is 0 Å². The van der Waals surface area contributed by atoms with Crippen molar-refractivity contribution < 1.29 is 9.57 Å². The van der Waals surface area contributed by atoms with E-state index in [2.05, 4.69) is 24.6 Å². The highest BCUT2D eigenvalue weighted by molar-refractivity contribution is 5.11. The number of allylic oxidation sites excluding steroid dienone is 2. The van der Waals surface area contributed by atoms with Gasteiger partial charge in [0.25, 0.3) is 0 Å². The predicted octanol–water partition coefficient (Wildman–Crippen LogP) is 1.75. The zero-order chi connectivity index (χ0) is 10.7. The normalized spacial score (nSPS) is 34.9. The minimum atomic E-state index is 0.446. The molecule has 15 heavy (non-hydrogen) atoms. The third-order valence-corrected chi connectivity index (χ3v) is 3.63. The maximum atomic E-state index is 5.36. The number of hydroxylamine groups is 1. The van der Waals surface area contributed by atoms with Gasteiger partial charge in [-0.2, -0.15) is 5.48 Å². The molecule has 0 heterocycles. The zero-order valence-corrected chi connectivity index (χ0v) is 9.61. The summed E-state index contributed by atoms with van der Waals surface area (Å²) in [4.78, 5) is 5.36. The molecule has 0 aromatic rings. The van der Waals surface area contributed by atoms with E-state index in [1.165, 1.54) is 12.8 Å². The van der Waals surface area contributed by atoms with Crippen molar-refractivity contribution in [2.75, 3.05) is 20.3 Å². The van der Waals surface area contributed by atoms with E-state index in [0.29, 0.717) is 19.3 Å². The van der Waals surface area contributed by atoms with Gasteiger partial charge in [-0.3, -0.25) is 4.84 Å². The van der Waals surface area contributed by atoms with Crippen LogP contribution in [0, 0.1) is 17.8 Å². The van der Waals surface area contributed by atoms with Crippen molar-refractivity contribution in [1.29, 1.82) is 0 Å². The molecule has 2 bridgehead atoms. The highest BCUT2D eigenvalue weighted by atomic mass is 16.7. The third-order valence-electron chi connectivity index (χ3n) is 3.63. The molecule has 1 saturated carbocycles. The van der Waals surface area contributed by atoms with Gasteiger partial charge in [-0.1, -0.05) is 12.2 Å². The molecule has 3 nitrogen and oxygen atoms in total. The van der Waals surface area contributed by atoms with Crippen molar-refractivity contribution in [2.24, 2.45) is 17.8 Å². The van der Waals surface area contributed by atoms with E-state index < -0.39 is 0 Å². The molecule has 0 amide bonds. The largest absolute Gasteiger partial charge is 0.382 e. The van der Waals surface area contributed by atoms with E-state index in [9.17, 15) is 0 Å². The van der Waals surface area contributed by atoms with E-state index >= 15 is 0 Å². The van der Waals surface area contributed by atoms with Gasteiger partial charge in [-0.25, -0.2) is 0 Å². The van der Waals surface area contributed by atoms with Crippen LogP contribution in [0.15, 0.2) is 12.2 Å². The number of methoxy groups -OCH3 is 1. The van der Waals surface area contributed by atoms with Crippen molar-refractivity contribution >= 4 is 0 Å². The van der Waals surface area contributed by atoms with Gasteiger partial charge in [-0.15, -0.1) is 0 Å². The molecule has 4 unspecified atom stereocenters. The predicted molar refractivity (Wildman–Crippen MR) is 59.3 cm³/mol. The smallest absolute Gasteiger partial charge is 0.0915 e. The Labute approximate surface area is 91.8 Å². The van der Waals surface area contributed by atoms with Gasteiger partial charge in [0.1, 0.15) is 0 Å². The van der Waals surface area contributed by atoms with Crippen LogP contribution in [0.25, 0.3) is 0 Å². The van der Waals surface area contributed by atoms with E-state index in [4.69, 9.17) is 9.57 Å². The molecule has 1 fully saturated rings. The van der Waals surface area contributed by atoms with Gasteiger partial charge >= 0.3 is 0 Å². The van der Waals surface area contributed by atoms with Crippen molar-refractivity contribution in [3.05, 3.63) is 12.2 Å². The third kappa shape index (κ3) is 2.60. The molecule has 0 aromatic heterocycles. The fourth-order valence-corrected chi connectivity index (χ4v) is 2.80. The van der Waals surface area contributed by atoms with Crippen LogP contribution in [0.5, 0.6) is 0 Å². The van der Waals surface area contributed by atoms with Gasteiger partial charge in [0.2, 0.25) is 0 Å². The van der Waals surface area contributed by atoms with Crippen LogP contribution in [0.1, 0.15) is 19.8 Å². The minimum absolute atomic E-state index is 0.446. The number of hydrogen-bond donors (Lipinski definition) is 1. The molecule has 0 spiro atoms. The topological polar surface area (TPSA) is 30.5 Å². The van der Waals surface area contributed by atoms with Crippen LogP contribution >= 0.6 is 0 Å². The van der Waals surface area contributed by atoms with Crippen LogP contribution in [0.2, 0.25) is 0 Å².